The maximum Gasteiger partial charge on any atom is 0.254 e. The number of nitrogens with zero attached hydrogens (tertiary/aromatic N) is 3. The van der Waals surface area contributed by atoms with E-state index in [-0.39, 0.29) is 5.91 Å². The minimum absolute atomic E-state index is 0.0172. The highest BCUT2D eigenvalue weighted by Gasteiger charge is 2.14. The first kappa shape index (κ1) is 15.8. The Morgan fingerprint density at radius 3 is 2.67 bits per heavy atom. The molecule has 1 saturated heterocycles. The molecule has 1 aromatic rings. The van der Waals surface area contributed by atoms with Crippen molar-refractivity contribution in [3.05, 3.63) is 23.9 Å². The van der Waals surface area contributed by atoms with Crippen LogP contribution in [-0.2, 0) is 0 Å². The van der Waals surface area contributed by atoms with Crippen molar-refractivity contribution < 1.29 is 4.79 Å². The van der Waals surface area contributed by atoms with E-state index in [1.165, 1.54) is 25.9 Å². The Hall–Kier alpha value is -1.62. The lowest BCUT2D eigenvalue weighted by Gasteiger charge is -2.20. The first-order valence-electron chi connectivity index (χ1n) is 7.70. The smallest absolute Gasteiger partial charge is 0.254 e. The lowest BCUT2D eigenvalue weighted by molar-refractivity contribution is 0.0827. The second-order valence-corrected chi connectivity index (χ2v) is 6.13. The Balaban J connectivity index is 1.78. The molecule has 2 heterocycles. The lowest BCUT2D eigenvalue weighted by atomic mass is 10.1. The quantitative estimate of drug-likeness (QED) is 0.869. The number of rotatable bonds is 6. The molecule has 0 spiro atoms. The summed E-state index contributed by atoms with van der Waals surface area (Å²) in [6.07, 6.45) is 4.31. The minimum Gasteiger partial charge on any atom is -0.370 e. The summed E-state index contributed by atoms with van der Waals surface area (Å²) in [6, 6.07) is 3.70. The summed E-state index contributed by atoms with van der Waals surface area (Å²) in [5.74, 6) is 1.41. The number of hydrogen-bond acceptors (Lipinski definition) is 4. The Morgan fingerprint density at radius 2 is 2.10 bits per heavy atom. The van der Waals surface area contributed by atoms with Gasteiger partial charge in [-0.3, -0.25) is 4.79 Å². The molecule has 21 heavy (non-hydrogen) atoms. The predicted octanol–water partition coefficient (Wildman–Crippen LogP) is 1.93. The average molecular weight is 290 g/mol. The van der Waals surface area contributed by atoms with Gasteiger partial charge in [-0.1, -0.05) is 6.92 Å². The van der Waals surface area contributed by atoms with E-state index in [0.717, 1.165) is 18.9 Å². The van der Waals surface area contributed by atoms with Gasteiger partial charge in [-0.05, 0) is 44.0 Å². The van der Waals surface area contributed by atoms with Gasteiger partial charge in [0.15, 0.2) is 0 Å². The molecular weight excluding hydrogens is 264 g/mol. The predicted molar refractivity (Wildman–Crippen MR) is 85.6 cm³/mol. The number of pyridine rings is 1. The number of aromatic nitrogens is 1. The van der Waals surface area contributed by atoms with Crippen molar-refractivity contribution in [2.45, 2.75) is 19.8 Å². The molecule has 5 nitrogen and oxygen atoms in total. The lowest BCUT2D eigenvalue weighted by Crippen LogP contribution is -2.29. The highest BCUT2D eigenvalue weighted by Crippen LogP contribution is 2.11. The van der Waals surface area contributed by atoms with Gasteiger partial charge in [0.25, 0.3) is 5.91 Å². The summed E-state index contributed by atoms with van der Waals surface area (Å²) in [6.45, 7) is 6.79. The maximum atomic E-state index is 11.8. The molecule has 0 aliphatic carbocycles. The van der Waals surface area contributed by atoms with Crippen molar-refractivity contribution in [2.75, 3.05) is 45.6 Å². The molecule has 0 radical (unpaired) electrons. The van der Waals surface area contributed by atoms with Gasteiger partial charge in [-0.15, -0.1) is 0 Å². The van der Waals surface area contributed by atoms with Crippen LogP contribution in [0.5, 0.6) is 0 Å². The number of carbonyl (C=O) groups is 1. The molecule has 2 rings (SSSR count). The van der Waals surface area contributed by atoms with E-state index in [0.29, 0.717) is 11.5 Å². The molecule has 1 amide bonds. The summed E-state index contributed by atoms with van der Waals surface area (Å²) in [7, 11) is 3.49. The van der Waals surface area contributed by atoms with E-state index < -0.39 is 0 Å². The van der Waals surface area contributed by atoms with E-state index in [1.54, 1.807) is 25.2 Å². The van der Waals surface area contributed by atoms with Crippen molar-refractivity contribution in [2.24, 2.45) is 5.92 Å². The average Bonchev–Trinajstić information content (AvgIpc) is 2.97. The number of anilines is 1. The van der Waals surface area contributed by atoms with Crippen LogP contribution >= 0.6 is 0 Å². The van der Waals surface area contributed by atoms with Gasteiger partial charge in [0.2, 0.25) is 0 Å². The number of hydrogen-bond donors (Lipinski definition) is 1. The van der Waals surface area contributed by atoms with Gasteiger partial charge in [0.1, 0.15) is 5.82 Å². The molecular formula is C16H26N4O. The monoisotopic (exact) mass is 290 g/mol. The standard InChI is InChI=1S/C16H26N4O/c1-13(12-20-8-4-5-9-20)10-17-15-7-6-14(11-18-15)16(21)19(2)3/h6-7,11,13H,4-5,8-10,12H2,1-3H3,(H,17,18). The summed E-state index contributed by atoms with van der Waals surface area (Å²) < 4.78 is 0. The van der Waals surface area contributed by atoms with Crippen molar-refractivity contribution in [3.8, 4) is 0 Å². The van der Waals surface area contributed by atoms with Crippen LogP contribution in [-0.4, -0.2) is 61.0 Å². The molecule has 5 heteroatoms. The molecule has 1 aliphatic rings. The maximum absolute atomic E-state index is 11.8. The summed E-state index contributed by atoms with van der Waals surface area (Å²) in [5.41, 5.74) is 0.621. The summed E-state index contributed by atoms with van der Waals surface area (Å²) >= 11 is 0. The molecule has 0 saturated carbocycles. The van der Waals surface area contributed by atoms with Crippen LogP contribution in [0.3, 0.4) is 0 Å². The molecule has 0 bridgehead atoms. The fraction of sp³-hybridized carbons (Fsp3) is 0.625. The van der Waals surface area contributed by atoms with Crippen molar-refractivity contribution in [1.82, 2.24) is 14.8 Å². The third-order valence-corrected chi connectivity index (χ3v) is 3.82. The van der Waals surface area contributed by atoms with E-state index in [1.807, 2.05) is 12.1 Å². The van der Waals surface area contributed by atoms with Crippen molar-refractivity contribution >= 4 is 11.7 Å². The topological polar surface area (TPSA) is 48.5 Å². The van der Waals surface area contributed by atoms with Gasteiger partial charge in [0, 0.05) is 33.4 Å². The van der Waals surface area contributed by atoms with E-state index >= 15 is 0 Å². The van der Waals surface area contributed by atoms with Crippen LogP contribution in [0.2, 0.25) is 0 Å². The molecule has 0 aromatic carbocycles. The Morgan fingerprint density at radius 1 is 1.38 bits per heavy atom. The fourth-order valence-corrected chi connectivity index (χ4v) is 2.63. The highest BCUT2D eigenvalue weighted by atomic mass is 16.2. The summed E-state index contributed by atoms with van der Waals surface area (Å²) in [5, 5.41) is 3.35. The molecule has 1 aromatic heterocycles. The molecule has 1 unspecified atom stereocenters. The molecule has 1 aliphatic heterocycles. The van der Waals surface area contributed by atoms with Crippen LogP contribution in [0.15, 0.2) is 18.3 Å². The van der Waals surface area contributed by atoms with Crippen molar-refractivity contribution in [1.29, 1.82) is 0 Å². The number of likely N-dealkylation sites (tertiary alicyclic amines) is 1. The van der Waals surface area contributed by atoms with Crippen LogP contribution in [0.25, 0.3) is 0 Å². The third-order valence-electron chi connectivity index (χ3n) is 3.82. The van der Waals surface area contributed by atoms with E-state index in [2.05, 4.69) is 22.1 Å². The Bertz CT molecular complexity index is 452. The number of amides is 1. The van der Waals surface area contributed by atoms with Crippen LogP contribution in [0.4, 0.5) is 5.82 Å². The molecule has 1 fully saturated rings. The third kappa shape index (κ3) is 4.70. The van der Waals surface area contributed by atoms with Gasteiger partial charge in [-0.25, -0.2) is 4.98 Å². The Kier molecular flexibility index (Phi) is 5.56. The zero-order chi connectivity index (χ0) is 15.2. The molecule has 116 valence electrons. The van der Waals surface area contributed by atoms with Crippen LogP contribution in [0.1, 0.15) is 30.1 Å². The Labute approximate surface area is 127 Å². The normalized spacial score (nSPS) is 16.7. The first-order valence-corrected chi connectivity index (χ1v) is 7.70. The molecule has 1 N–H and O–H groups in total. The van der Waals surface area contributed by atoms with Crippen molar-refractivity contribution in [3.63, 3.8) is 0 Å². The van der Waals surface area contributed by atoms with Crippen LogP contribution < -0.4 is 5.32 Å². The van der Waals surface area contributed by atoms with Gasteiger partial charge in [-0.2, -0.15) is 0 Å². The fourth-order valence-electron chi connectivity index (χ4n) is 2.63. The second-order valence-electron chi connectivity index (χ2n) is 6.13. The minimum atomic E-state index is -0.0172. The largest absolute Gasteiger partial charge is 0.370 e. The number of carbonyl (C=O) groups excluding carboxylic acids is 1. The SMILES string of the molecule is CC(CNc1ccc(C(=O)N(C)C)cn1)CN1CCCC1. The van der Waals surface area contributed by atoms with Gasteiger partial charge >= 0.3 is 0 Å². The zero-order valence-electron chi connectivity index (χ0n) is 13.3. The first-order chi connectivity index (χ1) is 10.1. The highest BCUT2D eigenvalue weighted by molar-refractivity contribution is 5.93. The van der Waals surface area contributed by atoms with Gasteiger partial charge in [0.05, 0.1) is 5.56 Å². The van der Waals surface area contributed by atoms with Crippen LogP contribution in [0, 0.1) is 5.92 Å². The molecule has 1 atom stereocenters. The number of nitrogens with one attached hydrogen (secondary N) is 1. The summed E-state index contributed by atoms with van der Waals surface area (Å²) in [4.78, 5) is 20.2. The van der Waals surface area contributed by atoms with E-state index in [4.69, 9.17) is 0 Å². The van der Waals surface area contributed by atoms with Gasteiger partial charge < -0.3 is 15.1 Å². The second kappa shape index (κ2) is 7.41. The zero-order valence-corrected chi connectivity index (χ0v) is 13.3. The van der Waals surface area contributed by atoms with E-state index in [9.17, 15) is 4.79 Å².